The van der Waals surface area contributed by atoms with Crippen LogP contribution in [-0.2, 0) is 19.1 Å². The van der Waals surface area contributed by atoms with Gasteiger partial charge in [-0.15, -0.1) is 11.8 Å². The number of aliphatic carboxylic acids is 1. The van der Waals surface area contributed by atoms with E-state index in [0.717, 1.165) is 6.42 Å². The third kappa shape index (κ3) is 3.75. The number of rotatable bonds is 6. The van der Waals surface area contributed by atoms with Crippen LogP contribution in [0.4, 0.5) is 0 Å². The first-order chi connectivity index (χ1) is 9.42. The smallest absolute Gasteiger partial charge is 0.336 e. The number of carbonyl (C=O) groups excluding carboxylic acids is 2. The van der Waals surface area contributed by atoms with Crippen LogP contribution in [0.3, 0.4) is 0 Å². The van der Waals surface area contributed by atoms with Crippen molar-refractivity contribution in [3.8, 4) is 0 Å². The summed E-state index contributed by atoms with van der Waals surface area (Å²) in [5, 5.41) is 11.5. The predicted molar refractivity (Wildman–Crippen MR) is 75.1 cm³/mol. The van der Waals surface area contributed by atoms with Gasteiger partial charge in [-0.05, 0) is 6.42 Å². The minimum atomic E-state index is -0.918. The van der Waals surface area contributed by atoms with Gasteiger partial charge in [0.15, 0.2) is 0 Å². The average Bonchev–Trinajstić information content (AvgIpc) is 2.77. The molecule has 0 aromatic heterocycles. The van der Waals surface area contributed by atoms with Crippen LogP contribution < -0.4 is 5.32 Å². The summed E-state index contributed by atoms with van der Waals surface area (Å²) < 4.78 is 4.69. The van der Waals surface area contributed by atoms with Gasteiger partial charge in [-0.2, -0.15) is 0 Å². The number of amides is 1. The molecular formula is C13H19NO5S. The van der Waals surface area contributed by atoms with Crippen molar-refractivity contribution in [2.24, 2.45) is 5.92 Å². The van der Waals surface area contributed by atoms with Crippen molar-refractivity contribution < 1.29 is 24.2 Å². The largest absolute Gasteiger partial charge is 0.481 e. The molecule has 0 aromatic rings. The standard InChI is InChI=1S/C13H19NO5S/c1-4-5-8(12(16)17)11-10(14-7(2)15)9(6-20-11)13(18)19-3/h8,11H,4-6H2,1-3H3,(H,14,15)(H,16,17). The summed E-state index contributed by atoms with van der Waals surface area (Å²) in [7, 11) is 1.26. The molecule has 1 aliphatic heterocycles. The van der Waals surface area contributed by atoms with Crippen molar-refractivity contribution in [1.29, 1.82) is 0 Å². The molecule has 1 heterocycles. The SMILES string of the molecule is CCCC(C(=O)O)C1SCC(C(=O)OC)=C1NC(C)=O. The molecule has 0 spiro atoms. The number of thioether (sulfide) groups is 1. The monoisotopic (exact) mass is 301 g/mol. The third-order valence-electron chi connectivity index (χ3n) is 3.04. The summed E-state index contributed by atoms with van der Waals surface area (Å²) >= 11 is 1.35. The summed E-state index contributed by atoms with van der Waals surface area (Å²) in [6.45, 7) is 3.23. The van der Waals surface area contributed by atoms with Gasteiger partial charge in [-0.25, -0.2) is 4.79 Å². The van der Waals surface area contributed by atoms with Crippen LogP contribution in [0.25, 0.3) is 0 Å². The Hall–Kier alpha value is -1.50. The maximum absolute atomic E-state index is 11.7. The molecule has 112 valence electrons. The minimum absolute atomic E-state index is 0.324. The van der Waals surface area contributed by atoms with Crippen molar-refractivity contribution in [3.05, 3.63) is 11.3 Å². The first-order valence-corrected chi connectivity index (χ1v) is 7.40. The highest BCUT2D eigenvalue weighted by Gasteiger charge is 2.39. The highest BCUT2D eigenvalue weighted by atomic mass is 32.2. The van der Waals surface area contributed by atoms with Gasteiger partial charge in [0, 0.05) is 18.4 Å². The molecule has 0 aliphatic carbocycles. The molecule has 0 aromatic carbocycles. The first kappa shape index (κ1) is 16.6. The zero-order valence-electron chi connectivity index (χ0n) is 11.8. The molecule has 0 saturated carbocycles. The van der Waals surface area contributed by atoms with Crippen LogP contribution in [-0.4, -0.2) is 41.1 Å². The molecule has 0 saturated heterocycles. The molecule has 0 bridgehead atoms. The van der Waals surface area contributed by atoms with E-state index in [-0.39, 0.29) is 5.91 Å². The van der Waals surface area contributed by atoms with Crippen molar-refractivity contribution >= 4 is 29.6 Å². The Bertz CT molecular complexity index is 446. The number of carboxylic acid groups (broad SMARTS) is 1. The summed E-state index contributed by atoms with van der Waals surface area (Å²) in [5.74, 6) is -2.05. The van der Waals surface area contributed by atoms with E-state index in [1.54, 1.807) is 0 Å². The van der Waals surface area contributed by atoms with Gasteiger partial charge >= 0.3 is 11.9 Å². The van der Waals surface area contributed by atoms with Crippen LogP contribution in [0.1, 0.15) is 26.7 Å². The molecule has 6 nitrogen and oxygen atoms in total. The first-order valence-electron chi connectivity index (χ1n) is 6.35. The Labute approximate surface area is 121 Å². The number of methoxy groups -OCH3 is 1. The van der Waals surface area contributed by atoms with Gasteiger partial charge in [0.05, 0.1) is 23.9 Å². The van der Waals surface area contributed by atoms with Crippen LogP contribution in [0, 0.1) is 5.92 Å². The van der Waals surface area contributed by atoms with Gasteiger partial charge in [0.25, 0.3) is 0 Å². The maximum Gasteiger partial charge on any atom is 0.336 e. The van der Waals surface area contributed by atoms with Gasteiger partial charge in [-0.3, -0.25) is 9.59 Å². The lowest BCUT2D eigenvalue weighted by atomic mass is 9.95. The summed E-state index contributed by atoms with van der Waals surface area (Å²) in [5.41, 5.74) is 0.732. The fourth-order valence-corrected chi connectivity index (χ4v) is 3.64. The number of hydrogen-bond donors (Lipinski definition) is 2. The molecule has 2 atom stereocenters. The lowest BCUT2D eigenvalue weighted by molar-refractivity contribution is -0.142. The van der Waals surface area contributed by atoms with E-state index >= 15 is 0 Å². The molecule has 1 amide bonds. The molecule has 0 radical (unpaired) electrons. The Balaban J connectivity index is 3.12. The van der Waals surface area contributed by atoms with E-state index in [1.807, 2.05) is 6.92 Å². The maximum atomic E-state index is 11.7. The fourth-order valence-electron chi connectivity index (χ4n) is 2.17. The molecular weight excluding hydrogens is 282 g/mol. The highest BCUT2D eigenvalue weighted by molar-refractivity contribution is 8.00. The molecule has 2 N–H and O–H groups in total. The lowest BCUT2D eigenvalue weighted by Crippen LogP contribution is -2.34. The fraction of sp³-hybridized carbons (Fsp3) is 0.615. The van der Waals surface area contributed by atoms with Crippen LogP contribution in [0.15, 0.2) is 11.3 Å². The second-order valence-electron chi connectivity index (χ2n) is 4.53. The van der Waals surface area contributed by atoms with Gasteiger partial charge in [0.2, 0.25) is 5.91 Å². The number of carboxylic acids is 1. The van der Waals surface area contributed by atoms with Crippen LogP contribution >= 0.6 is 11.8 Å². The van der Waals surface area contributed by atoms with Gasteiger partial charge in [-0.1, -0.05) is 13.3 Å². The van der Waals surface area contributed by atoms with E-state index in [0.29, 0.717) is 23.4 Å². The quantitative estimate of drug-likeness (QED) is 0.715. The van der Waals surface area contributed by atoms with E-state index < -0.39 is 23.1 Å². The van der Waals surface area contributed by atoms with E-state index in [1.165, 1.54) is 25.8 Å². The topological polar surface area (TPSA) is 92.7 Å². The molecule has 1 rings (SSSR count). The molecule has 2 unspecified atom stereocenters. The summed E-state index contributed by atoms with van der Waals surface area (Å²) in [6.07, 6.45) is 1.21. The highest BCUT2D eigenvalue weighted by Crippen LogP contribution is 2.38. The summed E-state index contributed by atoms with van der Waals surface area (Å²) in [4.78, 5) is 34.4. The van der Waals surface area contributed by atoms with Crippen molar-refractivity contribution in [3.63, 3.8) is 0 Å². The molecule has 20 heavy (non-hydrogen) atoms. The Kier molecular flexibility index (Phi) is 6.06. The van der Waals surface area contributed by atoms with Crippen molar-refractivity contribution in [2.45, 2.75) is 31.9 Å². The Morgan fingerprint density at radius 1 is 1.50 bits per heavy atom. The van der Waals surface area contributed by atoms with Crippen LogP contribution in [0.5, 0.6) is 0 Å². The van der Waals surface area contributed by atoms with Crippen LogP contribution in [0.2, 0.25) is 0 Å². The number of ether oxygens (including phenoxy) is 1. The number of carbonyl (C=O) groups is 3. The zero-order chi connectivity index (χ0) is 15.3. The second kappa shape index (κ2) is 7.33. The van der Waals surface area contributed by atoms with Gasteiger partial charge in [0.1, 0.15) is 0 Å². The third-order valence-corrected chi connectivity index (χ3v) is 4.42. The average molecular weight is 301 g/mol. The second-order valence-corrected chi connectivity index (χ2v) is 5.66. The van der Waals surface area contributed by atoms with E-state index in [4.69, 9.17) is 0 Å². The Morgan fingerprint density at radius 3 is 2.60 bits per heavy atom. The molecule has 0 fully saturated rings. The van der Waals surface area contributed by atoms with Crippen molar-refractivity contribution in [2.75, 3.05) is 12.9 Å². The number of esters is 1. The molecule has 7 heteroatoms. The van der Waals surface area contributed by atoms with E-state index in [9.17, 15) is 19.5 Å². The predicted octanol–water partition coefficient (Wildman–Crippen LogP) is 1.17. The number of nitrogens with one attached hydrogen (secondary N) is 1. The zero-order valence-corrected chi connectivity index (χ0v) is 12.6. The summed E-state index contributed by atoms with van der Waals surface area (Å²) in [6, 6.07) is 0. The normalized spacial score (nSPS) is 19.6. The lowest BCUT2D eigenvalue weighted by Gasteiger charge is -2.21. The minimum Gasteiger partial charge on any atom is -0.481 e. The van der Waals surface area contributed by atoms with Gasteiger partial charge < -0.3 is 15.2 Å². The Morgan fingerprint density at radius 2 is 2.15 bits per heavy atom. The van der Waals surface area contributed by atoms with Crippen molar-refractivity contribution in [1.82, 2.24) is 5.32 Å². The van der Waals surface area contributed by atoms with E-state index in [2.05, 4.69) is 10.1 Å². The number of hydrogen-bond acceptors (Lipinski definition) is 5. The molecule has 1 aliphatic rings.